The number of carbonyl (C=O) groups excluding carboxylic acids is 1. The van der Waals surface area contributed by atoms with Crippen molar-refractivity contribution < 1.29 is 19.0 Å². The van der Waals surface area contributed by atoms with E-state index in [-0.39, 0.29) is 5.91 Å². The second-order valence-corrected chi connectivity index (χ2v) is 7.59. The smallest absolute Gasteiger partial charge is 0.254 e. The second-order valence-electron chi connectivity index (χ2n) is 7.59. The lowest BCUT2D eigenvalue weighted by Crippen LogP contribution is -2.32. The minimum absolute atomic E-state index is 0.0728. The number of aromatic nitrogens is 2. The van der Waals surface area contributed by atoms with E-state index in [1.807, 2.05) is 41.3 Å². The fourth-order valence-corrected chi connectivity index (χ4v) is 3.63. The minimum Gasteiger partial charge on any atom is -0.490 e. The third-order valence-electron chi connectivity index (χ3n) is 5.33. The molecular weight excluding hydrogens is 406 g/mol. The Morgan fingerprint density at radius 3 is 2.69 bits per heavy atom. The number of amides is 1. The molecule has 0 saturated carbocycles. The van der Waals surface area contributed by atoms with Gasteiger partial charge in [0.2, 0.25) is 11.8 Å². The summed E-state index contributed by atoms with van der Waals surface area (Å²) in [5, 5.41) is 0. The summed E-state index contributed by atoms with van der Waals surface area (Å²) in [6, 6.07) is 14.8. The van der Waals surface area contributed by atoms with Crippen LogP contribution in [0.1, 0.15) is 41.6 Å². The van der Waals surface area contributed by atoms with E-state index >= 15 is 0 Å². The molecule has 3 heterocycles. The summed E-state index contributed by atoms with van der Waals surface area (Å²) in [5.41, 5.74) is 1.37. The monoisotopic (exact) mass is 433 g/mol. The van der Waals surface area contributed by atoms with Gasteiger partial charge in [0.05, 0.1) is 20.3 Å². The number of rotatable bonds is 2. The maximum absolute atomic E-state index is 13.4. The highest BCUT2D eigenvalue weighted by Crippen LogP contribution is 2.32. The van der Waals surface area contributed by atoms with E-state index < -0.39 is 0 Å². The maximum atomic E-state index is 13.4. The lowest BCUT2D eigenvalue weighted by molar-refractivity contribution is 0.0737. The maximum Gasteiger partial charge on any atom is 0.254 e. The highest BCUT2D eigenvalue weighted by atomic mass is 16.5. The quantitative estimate of drug-likeness (QED) is 0.574. The van der Waals surface area contributed by atoms with Crippen LogP contribution in [0.15, 0.2) is 60.9 Å². The molecule has 0 N–H and O–H groups in total. The van der Waals surface area contributed by atoms with Gasteiger partial charge >= 0.3 is 0 Å². The molecule has 0 unspecified atom stereocenters. The molecule has 0 bridgehead atoms. The van der Waals surface area contributed by atoms with Gasteiger partial charge < -0.3 is 19.1 Å². The van der Waals surface area contributed by atoms with Crippen LogP contribution in [0.5, 0.6) is 23.3 Å². The number of fused-ring (bicyclic) bond motifs is 2. The fourth-order valence-electron chi connectivity index (χ4n) is 3.63. The van der Waals surface area contributed by atoms with Gasteiger partial charge in [-0.25, -0.2) is 9.97 Å². The van der Waals surface area contributed by atoms with Crippen LogP contribution in [0, 0.1) is 0 Å². The number of para-hydroxylation sites is 2. The molecule has 7 nitrogen and oxygen atoms in total. The molecule has 4 rings (SSSR count). The average molecular weight is 434 g/mol. The van der Waals surface area contributed by atoms with Gasteiger partial charge in [0.25, 0.3) is 5.91 Å². The van der Waals surface area contributed by atoms with Crippen LogP contribution >= 0.6 is 0 Å². The summed E-state index contributed by atoms with van der Waals surface area (Å²) in [6.07, 6.45) is 7.17. The fraction of sp³-hybridized carbons (Fsp3) is 0.320. The molecule has 1 aromatic carbocycles. The van der Waals surface area contributed by atoms with E-state index in [0.29, 0.717) is 48.5 Å². The standard InChI is InChI=1S/C25H27N3O4/c1-30-23-17-19(12-14-26-23)25(29)28-15-6-2-3-7-16-31-21-10-4-5-11-22(21)32-24-20(18-28)9-8-13-27-24/h4-5,8-14,17H,2-3,6-7,15-16,18H2,1H3. The molecule has 1 aliphatic heterocycles. The van der Waals surface area contributed by atoms with Crippen molar-refractivity contribution in [1.82, 2.24) is 14.9 Å². The van der Waals surface area contributed by atoms with Gasteiger partial charge in [-0.1, -0.05) is 31.0 Å². The van der Waals surface area contributed by atoms with Crippen molar-refractivity contribution in [3.63, 3.8) is 0 Å². The third-order valence-corrected chi connectivity index (χ3v) is 5.33. The molecule has 0 fully saturated rings. The molecule has 3 aromatic rings. The largest absolute Gasteiger partial charge is 0.490 e. The summed E-state index contributed by atoms with van der Waals surface area (Å²) in [6.45, 7) is 1.64. The van der Waals surface area contributed by atoms with Gasteiger partial charge in [-0.15, -0.1) is 0 Å². The van der Waals surface area contributed by atoms with Crippen molar-refractivity contribution in [2.75, 3.05) is 20.3 Å². The Morgan fingerprint density at radius 2 is 1.81 bits per heavy atom. The lowest BCUT2D eigenvalue weighted by atomic mass is 10.1. The first-order valence-electron chi connectivity index (χ1n) is 10.9. The summed E-state index contributed by atoms with van der Waals surface area (Å²) in [5.74, 6) is 2.11. The van der Waals surface area contributed by atoms with Gasteiger partial charge in [-0.05, 0) is 37.1 Å². The number of carbonyl (C=O) groups is 1. The first kappa shape index (κ1) is 21.6. The van der Waals surface area contributed by atoms with Crippen molar-refractivity contribution >= 4 is 5.91 Å². The molecule has 0 atom stereocenters. The summed E-state index contributed by atoms with van der Waals surface area (Å²) < 4.78 is 17.3. The third kappa shape index (κ3) is 5.35. The Morgan fingerprint density at radius 1 is 0.969 bits per heavy atom. The molecule has 2 aromatic heterocycles. The Hall–Kier alpha value is -3.61. The molecule has 166 valence electrons. The highest BCUT2D eigenvalue weighted by molar-refractivity contribution is 5.94. The van der Waals surface area contributed by atoms with Gasteiger partial charge in [0.15, 0.2) is 11.5 Å². The summed E-state index contributed by atoms with van der Waals surface area (Å²) in [4.78, 5) is 23.8. The molecule has 0 saturated heterocycles. The van der Waals surface area contributed by atoms with Gasteiger partial charge in [-0.3, -0.25) is 4.79 Å². The first-order valence-corrected chi connectivity index (χ1v) is 10.9. The number of benzene rings is 1. The zero-order valence-corrected chi connectivity index (χ0v) is 18.2. The predicted molar refractivity (Wildman–Crippen MR) is 120 cm³/mol. The van der Waals surface area contributed by atoms with Crippen molar-refractivity contribution in [2.45, 2.75) is 32.2 Å². The van der Waals surface area contributed by atoms with Crippen LogP contribution in [0.3, 0.4) is 0 Å². The van der Waals surface area contributed by atoms with Crippen LogP contribution in [0.4, 0.5) is 0 Å². The van der Waals surface area contributed by atoms with Crippen LogP contribution < -0.4 is 14.2 Å². The van der Waals surface area contributed by atoms with E-state index in [1.54, 1.807) is 31.6 Å². The normalized spacial score (nSPS) is 14.7. The Kier molecular flexibility index (Phi) is 7.17. The van der Waals surface area contributed by atoms with E-state index in [2.05, 4.69) is 9.97 Å². The molecule has 7 heteroatoms. The number of hydrogen-bond acceptors (Lipinski definition) is 6. The van der Waals surface area contributed by atoms with E-state index in [1.165, 1.54) is 0 Å². The highest BCUT2D eigenvalue weighted by Gasteiger charge is 2.20. The Balaban J connectivity index is 1.65. The average Bonchev–Trinajstić information content (AvgIpc) is 2.84. The van der Waals surface area contributed by atoms with E-state index in [0.717, 1.165) is 31.2 Å². The summed E-state index contributed by atoms with van der Waals surface area (Å²) in [7, 11) is 1.54. The van der Waals surface area contributed by atoms with E-state index in [4.69, 9.17) is 14.2 Å². The minimum atomic E-state index is -0.0728. The number of ether oxygens (including phenoxy) is 3. The SMILES string of the molecule is COc1cc(C(=O)N2CCCCCCOc3ccccc3Oc3ncccc3C2)ccn1. The number of nitrogens with zero attached hydrogens (tertiary/aromatic N) is 3. The topological polar surface area (TPSA) is 73.8 Å². The predicted octanol–water partition coefficient (Wildman–Crippen LogP) is 4.87. The summed E-state index contributed by atoms with van der Waals surface area (Å²) >= 11 is 0. The number of methoxy groups -OCH3 is 1. The molecule has 32 heavy (non-hydrogen) atoms. The number of hydrogen-bond donors (Lipinski definition) is 0. The van der Waals surface area contributed by atoms with Crippen molar-refractivity contribution in [3.8, 4) is 23.3 Å². The molecule has 0 spiro atoms. The van der Waals surface area contributed by atoms with Crippen LogP contribution in [-0.2, 0) is 6.54 Å². The van der Waals surface area contributed by atoms with Crippen LogP contribution in [0.25, 0.3) is 0 Å². The molecule has 0 radical (unpaired) electrons. The van der Waals surface area contributed by atoms with Crippen LogP contribution in [-0.4, -0.2) is 41.0 Å². The van der Waals surface area contributed by atoms with Gasteiger partial charge in [0, 0.05) is 36.1 Å². The van der Waals surface area contributed by atoms with Crippen molar-refractivity contribution in [3.05, 3.63) is 72.1 Å². The van der Waals surface area contributed by atoms with Crippen molar-refractivity contribution in [2.24, 2.45) is 0 Å². The Bertz CT molecular complexity index is 1060. The van der Waals surface area contributed by atoms with Crippen LogP contribution in [0.2, 0.25) is 0 Å². The van der Waals surface area contributed by atoms with Crippen molar-refractivity contribution in [1.29, 1.82) is 0 Å². The zero-order chi connectivity index (χ0) is 22.2. The van der Waals surface area contributed by atoms with Gasteiger partial charge in [0.1, 0.15) is 0 Å². The Labute approximate surface area is 188 Å². The first-order chi connectivity index (χ1) is 15.7. The molecule has 0 aliphatic carbocycles. The number of pyridine rings is 2. The van der Waals surface area contributed by atoms with E-state index in [9.17, 15) is 4.79 Å². The van der Waals surface area contributed by atoms with Gasteiger partial charge in [-0.2, -0.15) is 0 Å². The lowest BCUT2D eigenvalue weighted by Gasteiger charge is -2.24. The molecule has 1 aliphatic rings. The second kappa shape index (κ2) is 10.6. The molecule has 1 amide bonds. The zero-order valence-electron chi connectivity index (χ0n) is 18.2. The molecular formula is C25H27N3O4.